The van der Waals surface area contributed by atoms with Crippen LogP contribution in [-0.2, 0) is 4.79 Å². The van der Waals surface area contributed by atoms with E-state index in [1.807, 2.05) is 0 Å². The first kappa shape index (κ1) is 15.4. The van der Waals surface area contributed by atoms with Gasteiger partial charge in [-0.05, 0) is 25.0 Å². The van der Waals surface area contributed by atoms with Crippen LogP contribution in [0.5, 0.6) is 0 Å². The van der Waals surface area contributed by atoms with Crippen LogP contribution in [0.25, 0.3) is 0 Å². The molecular formula is C13H15N3O4. The Hall–Kier alpha value is -2.62. The number of hydrogen-bond acceptors (Lipinski definition) is 5. The number of hydrogen-bond donors (Lipinski definition) is 2. The van der Waals surface area contributed by atoms with Crippen molar-refractivity contribution in [1.82, 2.24) is 0 Å². The van der Waals surface area contributed by atoms with Crippen LogP contribution in [0.1, 0.15) is 32.3 Å². The first-order valence-corrected chi connectivity index (χ1v) is 6.10. The first-order chi connectivity index (χ1) is 9.40. The van der Waals surface area contributed by atoms with Crippen LogP contribution in [0.4, 0.5) is 11.4 Å². The van der Waals surface area contributed by atoms with E-state index in [1.54, 1.807) is 19.9 Å². The summed E-state index contributed by atoms with van der Waals surface area (Å²) in [5.74, 6) is -1.02. The second kappa shape index (κ2) is 6.02. The number of anilines is 1. The number of carboxylic acids is 1. The third-order valence-corrected chi connectivity index (χ3v) is 3.31. The minimum absolute atomic E-state index is 0.0607. The fraction of sp³-hybridized carbons (Fsp3) is 0.385. The Labute approximate surface area is 116 Å². The van der Waals surface area contributed by atoms with Crippen molar-refractivity contribution in [3.8, 4) is 6.07 Å². The van der Waals surface area contributed by atoms with E-state index >= 15 is 0 Å². The molecule has 0 saturated carbocycles. The molecule has 7 heteroatoms. The molecule has 0 fully saturated rings. The highest BCUT2D eigenvalue weighted by molar-refractivity contribution is 5.83. The van der Waals surface area contributed by atoms with Crippen molar-refractivity contribution in [3.63, 3.8) is 0 Å². The molecule has 0 bridgehead atoms. The Kier molecular flexibility index (Phi) is 4.64. The maximum atomic E-state index is 11.4. The fourth-order valence-electron chi connectivity index (χ4n) is 1.91. The summed E-state index contributed by atoms with van der Waals surface area (Å²) in [7, 11) is 0. The van der Waals surface area contributed by atoms with Gasteiger partial charge in [0.15, 0.2) is 0 Å². The van der Waals surface area contributed by atoms with Gasteiger partial charge in [-0.25, -0.2) is 4.79 Å². The topological polar surface area (TPSA) is 116 Å². The lowest BCUT2D eigenvalue weighted by molar-refractivity contribution is -0.385. The third kappa shape index (κ3) is 2.85. The lowest BCUT2D eigenvalue weighted by Crippen LogP contribution is -2.45. The van der Waals surface area contributed by atoms with Gasteiger partial charge in [-0.1, -0.05) is 13.8 Å². The van der Waals surface area contributed by atoms with Gasteiger partial charge >= 0.3 is 5.97 Å². The zero-order valence-corrected chi connectivity index (χ0v) is 11.2. The summed E-state index contributed by atoms with van der Waals surface area (Å²) < 4.78 is 0. The molecule has 0 amide bonds. The normalized spacial score (nSPS) is 10.7. The quantitative estimate of drug-likeness (QED) is 0.609. The highest BCUT2D eigenvalue weighted by Gasteiger charge is 2.35. The average Bonchev–Trinajstić information content (AvgIpc) is 2.44. The highest BCUT2D eigenvalue weighted by Crippen LogP contribution is 2.27. The summed E-state index contributed by atoms with van der Waals surface area (Å²) in [5, 5.41) is 31.8. The maximum absolute atomic E-state index is 11.4. The number of nitrogens with zero attached hydrogens (tertiary/aromatic N) is 2. The molecule has 0 radical (unpaired) electrons. The van der Waals surface area contributed by atoms with E-state index in [1.165, 1.54) is 18.2 Å². The molecule has 0 aliphatic carbocycles. The summed E-state index contributed by atoms with van der Waals surface area (Å²) in [5.41, 5.74) is -1.28. The predicted octanol–water partition coefficient (Wildman–Crippen LogP) is 2.52. The van der Waals surface area contributed by atoms with Gasteiger partial charge in [0.1, 0.15) is 17.2 Å². The van der Waals surface area contributed by atoms with Gasteiger partial charge in [-0.15, -0.1) is 0 Å². The number of rotatable bonds is 6. The van der Waals surface area contributed by atoms with Crippen LogP contribution >= 0.6 is 0 Å². The number of aliphatic carboxylic acids is 1. The molecule has 0 atom stereocenters. The molecule has 20 heavy (non-hydrogen) atoms. The van der Waals surface area contributed by atoms with Crippen molar-refractivity contribution in [2.75, 3.05) is 5.32 Å². The summed E-state index contributed by atoms with van der Waals surface area (Å²) in [4.78, 5) is 21.6. The molecule has 0 aliphatic rings. The summed E-state index contributed by atoms with van der Waals surface area (Å²) in [6, 6.07) is 5.68. The standard InChI is InChI=1S/C13H15N3O4/c1-3-13(4-2,12(17)18)15-10-6-5-9(8-14)11(7-10)16(19)20/h5-7,15H,3-4H2,1-2H3,(H,17,18). The van der Waals surface area contributed by atoms with Crippen molar-refractivity contribution >= 4 is 17.3 Å². The van der Waals surface area contributed by atoms with Gasteiger partial charge in [-0.3, -0.25) is 10.1 Å². The highest BCUT2D eigenvalue weighted by atomic mass is 16.6. The van der Waals surface area contributed by atoms with E-state index in [0.717, 1.165) is 0 Å². The average molecular weight is 277 g/mol. The Morgan fingerprint density at radius 3 is 2.50 bits per heavy atom. The van der Waals surface area contributed by atoms with Gasteiger partial charge in [0, 0.05) is 11.8 Å². The van der Waals surface area contributed by atoms with Crippen LogP contribution in [-0.4, -0.2) is 21.5 Å². The Balaban J connectivity index is 3.22. The summed E-state index contributed by atoms with van der Waals surface area (Å²) in [6.07, 6.45) is 0.652. The van der Waals surface area contributed by atoms with Crippen molar-refractivity contribution in [2.24, 2.45) is 0 Å². The van der Waals surface area contributed by atoms with Crippen molar-refractivity contribution in [2.45, 2.75) is 32.2 Å². The molecule has 7 nitrogen and oxygen atoms in total. The molecule has 2 N–H and O–H groups in total. The second-order valence-electron chi connectivity index (χ2n) is 4.32. The van der Waals surface area contributed by atoms with E-state index in [-0.39, 0.29) is 11.3 Å². The number of nitro benzene ring substituents is 1. The largest absolute Gasteiger partial charge is 0.480 e. The van der Waals surface area contributed by atoms with Crippen molar-refractivity contribution in [1.29, 1.82) is 5.26 Å². The molecular weight excluding hydrogens is 262 g/mol. The van der Waals surface area contributed by atoms with Gasteiger partial charge in [0.25, 0.3) is 5.69 Å². The number of benzene rings is 1. The van der Waals surface area contributed by atoms with E-state index in [4.69, 9.17) is 5.26 Å². The zero-order valence-electron chi connectivity index (χ0n) is 11.2. The SMILES string of the molecule is CCC(CC)(Nc1ccc(C#N)c([N+](=O)[O-])c1)C(=O)O. The Morgan fingerprint density at radius 2 is 2.10 bits per heavy atom. The summed E-state index contributed by atoms with van der Waals surface area (Å²) in [6.45, 7) is 3.45. The van der Waals surface area contributed by atoms with E-state index < -0.39 is 16.4 Å². The lowest BCUT2D eigenvalue weighted by atomic mass is 9.92. The van der Waals surface area contributed by atoms with Crippen molar-refractivity contribution < 1.29 is 14.8 Å². The number of nitriles is 1. The first-order valence-electron chi connectivity index (χ1n) is 6.10. The minimum atomic E-state index is -1.18. The van der Waals surface area contributed by atoms with Gasteiger partial charge in [0.2, 0.25) is 0 Å². The molecule has 0 saturated heterocycles. The van der Waals surface area contributed by atoms with Crippen LogP contribution in [0.2, 0.25) is 0 Å². The number of carbonyl (C=O) groups is 1. The van der Waals surface area contributed by atoms with Crippen LogP contribution < -0.4 is 5.32 Å². The summed E-state index contributed by atoms with van der Waals surface area (Å²) >= 11 is 0. The predicted molar refractivity (Wildman–Crippen MR) is 72.4 cm³/mol. The molecule has 0 heterocycles. The fourth-order valence-corrected chi connectivity index (χ4v) is 1.91. The molecule has 0 unspecified atom stereocenters. The Morgan fingerprint density at radius 1 is 1.50 bits per heavy atom. The van der Waals surface area contributed by atoms with Crippen molar-refractivity contribution in [3.05, 3.63) is 33.9 Å². The molecule has 1 aromatic rings. The van der Waals surface area contributed by atoms with Crippen LogP contribution in [0, 0.1) is 21.4 Å². The van der Waals surface area contributed by atoms with E-state index in [9.17, 15) is 20.0 Å². The zero-order chi connectivity index (χ0) is 15.3. The Bertz CT molecular complexity index is 573. The molecule has 0 aromatic heterocycles. The molecule has 0 spiro atoms. The van der Waals surface area contributed by atoms with Crippen LogP contribution in [0.15, 0.2) is 18.2 Å². The van der Waals surface area contributed by atoms with Gasteiger partial charge in [0.05, 0.1) is 4.92 Å². The number of carboxylic acid groups (broad SMARTS) is 1. The maximum Gasteiger partial charge on any atom is 0.329 e. The van der Waals surface area contributed by atoms with E-state index in [2.05, 4.69) is 5.32 Å². The number of nitro groups is 1. The van der Waals surface area contributed by atoms with Gasteiger partial charge < -0.3 is 10.4 Å². The second-order valence-corrected chi connectivity index (χ2v) is 4.32. The smallest absolute Gasteiger partial charge is 0.329 e. The molecule has 0 aliphatic heterocycles. The third-order valence-electron chi connectivity index (χ3n) is 3.31. The monoisotopic (exact) mass is 277 g/mol. The lowest BCUT2D eigenvalue weighted by Gasteiger charge is -2.29. The van der Waals surface area contributed by atoms with Crippen LogP contribution in [0.3, 0.4) is 0 Å². The molecule has 1 rings (SSSR count). The number of nitrogens with one attached hydrogen (secondary N) is 1. The molecule has 106 valence electrons. The minimum Gasteiger partial charge on any atom is -0.480 e. The molecule has 1 aromatic carbocycles. The van der Waals surface area contributed by atoms with E-state index in [0.29, 0.717) is 18.5 Å². The van der Waals surface area contributed by atoms with Gasteiger partial charge in [-0.2, -0.15) is 5.26 Å².